The van der Waals surface area contributed by atoms with E-state index in [1.54, 1.807) is 17.4 Å². The minimum absolute atomic E-state index is 0.274. The standard InChI is InChI=1S/C16H12BrFN2S/c17-13-8-11(18)6-7-12(13)16-20-14(9-19)15(21-16)10-4-2-1-3-5-10/h1-8H,9,19H2. The molecule has 0 unspecified atom stereocenters. The molecule has 5 heteroatoms. The molecule has 0 atom stereocenters. The number of nitrogens with two attached hydrogens (primary N) is 1. The number of thiazole rings is 1. The van der Waals surface area contributed by atoms with Crippen molar-refractivity contribution in [2.75, 3.05) is 0 Å². The van der Waals surface area contributed by atoms with E-state index in [4.69, 9.17) is 5.73 Å². The molecule has 0 saturated heterocycles. The van der Waals surface area contributed by atoms with Crippen molar-refractivity contribution in [1.82, 2.24) is 4.98 Å². The van der Waals surface area contributed by atoms with Gasteiger partial charge in [0.1, 0.15) is 10.8 Å². The van der Waals surface area contributed by atoms with Crippen molar-refractivity contribution in [2.24, 2.45) is 5.73 Å². The smallest absolute Gasteiger partial charge is 0.125 e. The fourth-order valence-electron chi connectivity index (χ4n) is 2.08. The summed E-state index contributed by atoms with van der Waals surface area (Å²) in [6.45, 7) is 0.375. The molecule has 0 bridgehead atoms. The molecule has 106 valence electrons. The van der Waals surface area contributed by atoms with Crippen LogP contribution in [-0.2, 0) is 6.54 Å². The van der Waals surface area contributed by atoms with Gasteiger partial charge in [0.2, 0.25) is 0 Å². The lowest BCUT2D eigenvalue weighted by atomic mass is 10.1. The molecule has 2 aromatic carbocycles. The zero-order valence-corrected chi connectivity index (χ0v) is 13.4. The number of benzene rings is 2. The van der Waals surface area contributed by atoms with E-state index in [-0.39, 0.29) is 5.82 Å². The van der Waals surface area contributed by atoms with Gasteiger partial charge < -0.3 is 5.73 Å². The van der Waals surface area contributed by atoms with Crippen molar-refractivity contribution in [2.45, 2.75) is 6.54 Å². The summed E-state index contributed by atoms with van der Waals surface area (Å²) in [4.78, 5) is 5.67. The van der Waals surface area contributed by atoms with Gasteiger partial charge in [0.15, 0.2) is 0 Å². The Morgan fingerprint density at radius 3 is 2.57 bits per heavy atom. The van der Waals surface area contributed by atoms with E-state index in [1.165, 1.54) is 12.1 Å². The summed E-state index contributed by atoms with van der Waals surface area (Å²) in [5.74, 6) is -0.274. The van der Waals surface area contributed by atoms with E-state index in [0.29, 0.717) is 11.0 Å². The topological polar surface area (TPSA) is 38.9 Å². The van der Waals surface area contributed by atoms with Gasteiger partial charge in [-0.15, -0.1) is 11.3 Å². The van der Waals surface area contributed by atoms with Crippen LogP contribution in [0.3, 0.4) is 0 Å². The molecule has 3 rings (SSSR count). The average Bonchev–Trinajstić information content (AvgIpc) is 2.92. The van der Waals surface area contributed by atoms with Gasteiger partial charge in [0, 0.05) is 16.6 Å². The van der Waals surface area contributed by atoms with E-state index >= 15 is 0 Å². The summed E-state index contributed by atoms with van der Waals surface area (Å²) in [6.07, 6.45) is 0. The van der Waals surface area contributed by atoms with Gasteiger partial charge in [-0.2, -0.15) is 0 Å². The summed E-state index contributed by atoms with van der Waals surface area (Å²) in [6, 6.07) is 14.6. The van der Waals surface area contributed by atoms with E-state index in [2.05, 4.69) is 20.9 Å². The van der Waals surface area contributed by atoms with Crippen molar-refractivity contribution in [3.05, 3.63) is 64.5 Å². The van der Waals surface area contributed by atoms with Crippen LogP contribution in [0.25, 0.3) is 21.0 Å². The zero-order chi connectivity index (χ0) is 14.8. The Bertz CT molecular complexity index is 771. The molecular formula is C16H12BrFN2S. The normalized spacial score (nSPS) is 10.8. The van der Waals surface area contributed by atoms with Crippen LogP contribution in [-0.4, -0.2) is 4.98 Å². The van der Waals surface area contributed by atoms with Gasteiger partial charge in [0.25, 0.3) is 0 Å². The molecule has 0 fully saturated rings. The molecule has 3 aromatic rings. The van der Waals surface area contributed by atoms with Crippen LogP contribution in [0.1, 0.15) is 5.69 Å². The van der Waals surface area contributed by atoms with Gasteiger partial charge in [0.05, 0.1) is 10.6 Å². The molecule has 0 saturated carbocycles. The highest BCUT2D eigenvalue weighted by molar-refractivity contribution is 9.10. The Hall–Kier alpha value is -1.56. The molecular weight excluding hydrogens is 351 g/mol. The maximum atomic E-state index is 13.2. The van der Waals surface area contributed by atoms with Crippen LogP contribution in [0.4, 0.5) is 4.39 Å². The summed E-state index contributed by atoms with van der Waals surface area (Å²) >= 11 is 4.96. The third-order valence-corrected chi connectivity index (χ3v) is 4.92. The molecule has 0 aliphatic rings. The first-order valence-electron chi connectivity index (χ1n) is 6.39. The van der Waals surface area contributed by atoms with Crippen LogP contribution < -0.4 is 5.73 Å². The third kappa shape index (κ3) is 2.90. The van der Waals surface area contributed by atoms with Gasteiger partial charge in [-0.05, 0) is 39.7 Å². The van der Waals surface area contributed by atoms with Gasteiger partial charge in [-0.3, -0.25) is 0 Å². The fourth-order valence-corrected chi connectivity index (χ4v) is 3.89. The van der Waals surface area contributed by atoms with Crippen molar-refractivity contribution >= 4 is 27.3 Å². The van der Waals surface area contributed by atoms with Crippen LogP contribution >= 0.6 is 27.3 Å². The molecule has 2 nitrogen and oxygen atoms in total. The van der Waals surface area contributed by atoms with Crippen LogP contribution in [0.2, 0.25) is 0 Å². The lowest BCUT2D eigenvalue weighted by Crippen LogP contribution is -1.98. The van der Waals surface area contributed by atoms with Crippen LogP contribution in [0.15, 0.2) is 53.0 Å². The lowest BCUT2D eigenvalue weighted by molar-refractivity contribution is 0.627. The predicted molar refractivity (Wildman–Crippen MR) is 88.5 cm³/mol. The van der Waals surface area contributed by atoms with Crippen LogP contribution in [0.5, 0.6) is 0 Å². The molecule has 2 N–H and O–H groups in total. The van der Waals surface area contributed by atoms with Crippen molar-refractivity contribution in [3.8, 4) is 21.0 Å². The van der Waals surface area contributed by atoms with E-state index in [0.717, 1.165) is 26.7 Å². The maximum absolute atomic E-state index is 13.2. The fraction of sp³-hybridized carbons (Fsp3) is 0.0625. The minimum Gasteiger partial charge on any atom is -0.325 e. The number of hydrogen-bond donors (Lipinski definition) is 1. The number of aromatic nitrogens is 1. The Morgan fingerprint density at radius 2 is 1.90 bits per heavy atom. The first-order chi connectivity index (χ1) is 10.2. The van der Waals surface area contributed by atoms with Crippen molar-refractivity contribution in [3.63, 3.8) is 0 Å². The SMILES string of the molecule is NCc1nc(-c2ccc(F)cc2Br)sc1-c1ccccc1. The first-order valence-corrected chi connectivity index (χ1v) is 8.00. The molecule has 0 aliphatic heterocycles. The zero-order valence-electron chi connectivity index (χ0n) is 11.0. The highest BCUT2D eigenvalue weighted by atomic mass is 79.9. The molecule has 21 heavy (non-hydrogen) atoms. The summed E-state index contributed by atoms with van der Waals surface area (Å²) in [5, 5.41) is 0.834. The van der Waals surface area contributed by atoms with E-state index < -0.39 is 0 Å². The minimum atomic E-state index is -0.274. The maximum Gasteiger partial charge on any atom is 0.125 e. The third-order valence-electron chi connectivity index (χ3n) is 3.09. The summed E-state index contributed by atoms with van der Waals surface area (Å²) in [5.41, 5.74) is 8.64. The molecule has 0 spiro atoms. The second-order valence-corrected chi connectivity index (χ2v) is 6.34. The molecule has 1 heterocycles. The number of halogens is 2. The lowest BCUT2D eigenvalue weighted by Gasteiger charge is -2.00. The van der Waals surface area contributed by atoms with Crippen molar-refractivity contribution in [1.29, 1.82) is 0 Å². The highest BCUT2D eigenvalue weighted by Gasteiger charge is 2.15. The average molecular weight is 363 g/mol. The molecule has 0 aliphatic carbocycles. The van der Waals surface area contributed by atoms with Gasteiger partial charge >= 0.3 is 0 Å². The summed E-state index contributed by atoms with van der Waals surface area (Å²) in [7, 11) is 0. The number of nitrogens with zero attached hydrogens (tertiary/aromatic N) is 1. The highest BCUT2D eigenvalue weighted by Crippen LogP contribution is 2.38. The first kappa shape index (κ1) is 14.4. The molecule has 0 amide bonds. The monoisotopic (exact) mass is 362 g/mol. The quantitative estimate of drug-likeness (QED) is 0.723. The Labute approximate surface area is 134 Å². The largest absolute Gasteiger partial charge is 0.325 e. The second kappa shape index (κ2) is 6.05. The second-order valence-electron chi connectivity index (χ2n) is 4.49. The predicted octanol–water partition coefficient (Wildman–Crippen LogP) is 4.84. The Morgan fingerprint density at radius 1 is 1.14 bits per heavy atom. The number of hydrogen-bond acceptors (Lipinski definition) is 3. The van der Waals surface area contributed by atoms with Crippen LogP contribution in [0, 0.1) is 5.82 Å². The number of rotatable bonds is 3. The molecule has 0 radical (unpaired) electrons. The van der Waals surface area contributed by atoms with Crippen molar-refractivity contribution < 1.29 is 4.39 Å². The van der Waals surface area contributed by atoms with E-state index in [9.17, 15) is 4.39 Å². The van der Waals surface area contributed by atoms with Gasteiger partial charge in [-0.25, -0.2) is 9.37 Å². The Balaban J connectivity index is 2.12. The molecule has 1 aromatic heterocycles. The summed E-state index contributed by atoms with van der Waals surface area (Å²) < 4.78 is 13.9. The Kier molecular flexibility index (Phi) is 4.14. The van der Waals surface area contributed by atoms with E-state index in [1.807, 2.05) is 30.3 Å². The van der Waals surface area contributed by atoms with Gasteiger partial charge in [-0.1, -0.05) is 30.3 Å².